The smallest absolute Gasteiger partial charge is 0.267 e. The fraction of sp³-hybridized carbons (Fsp3) is 0.280. The fourth-order valence-corrected chi connectivity index (χ4v) is 3.85. The molecule has 0 saturated heterocycles. The van der Waals surface area contributed by atoms with E-state index in [9.17, 15) is 9.59 Å². The summed E-state index contributed by atoms with van der Waals surface area (Å²) in [7, 11) is 0. The van der Waals surface area contributed by atoms with Crippen LogP contribution in [0.15, 0.2) is 59.5 Å². The molecule has 0 aliphatic heterocycles. The van der Waals surface area contributed by atoms with E-state index in [0.717, 1.165) is 17.5 Å². The average molecular weight is 430 g/mol. The van der Waals surface area contributed by atoms with E-state index in [1.807, 2.05) is 57.2 Å². The molecule has 4 aromatic rings. The molecule has 3 heterocycles. The van der Waals surface area contributed by atoms with Crippen molar-refractivity contribution >= 4 is 22.6 Å². The molecule has 1 aromatic carbocycles. The molecule has 1 atom stereocenters. The highest BCUT2D eigenvalue weighted by Gasteiger charge is 2.19. The molecule has 0 spiro atoms. The minimum absolute atomic E-state index is 0.0624. The molecule has 1 amide bonds. The van der Waals surface area contributed by atoms with Crippen LogP contribution in [0.1, 0.15) is 47.8 Å². The van der Waals surface area contributed by atoms with Crippen molar-refractivity contribution in [3.05, 3.63) is 87.3 Å². The number of aryl methyl sites for hydroxylation is 1. The number of nitrogens with one attached hydrogen (secondary N) is 2. The Labute approximate surface area is 185 Å². The maximum atomic E-state index is 13.3. The highest BCUT2D eigenvalue weighted by molar-refractivity contribution is 5.96. The van der Waals surface area contributed by atoms with Gasteiger partial charge in [-0.1, -0.05) is 43.3 Å². The molecule has 0 saturated carbocycles. The van der Waals surface area contributed by atoms with Crippen LogP contribution in [0.4, 0.5) is 0 Å². The molecule has 7 nitrogen and oxygen atoms in total. The number of hydrogen-bond donors (Lipinski definition) is 2. The summed E-state index contributed by atoms with van der Waals surface area (Å²) in [6.45, 7) is 6.33. The van der Waals surface area contributed by atoms with E-state index in [0.29, 0.717) is 29.6 Å². The van der Waals surface area contributed by atoms with Gasteiger partial charge in [0.05, 0.1) is 10.9 Å². The largest absolute Gasteiger partial charge is 0.352 e. The average Bonchev–Trinajstić information content (AvgIpc) is 2.79. The van der Waals surface area contributed by atoms with E-state index in [2.05, 4.69) is 10.3 Å². The molecule has 4 rings (SSSR count). The Bertz CT molecular complexity index is 1420. The molecule has 7 heteroatoms. The Balaban J connectivity index is 1.81. The number of rotatable bonds is 6. The lowest BCUT2D eigenvalue weighted by Crippen LogP contribution is -2.36. The van der Waals surface area contributed by atoms with Crippen LogP contribution in [0.25, 0.3) is 16.7 Å². The third-order valence-corrected chi connectivity index (χ3v) is 5.82. The van der Waals surface area contributed by atoms with Crippen molar-refractivity contribution in [3.8, 4) is 0 Å². The van der Waals surface area contributed by atoms with Crippen LogP contribution in [-0.4, -0.2) is 26.4 Å². The van der Waals surface area contributed by atoms with Gasteiger partial charge in [0, 0.05) is 18.8 Å². The summed E-state index contributed by atoms with van der Waals surface area (Å²) in [6, 6.07) is 15.0. The second-order valence-corrected chi connectivity index (χ2v) is 8.11. The van der Waals surface area contributed by atoms with Gasteiger partial charge in [0.25, 0.3) is 11.5 Å². The van der Waals surface area contributed by atoms with E-state index >= 15 is 0 Å². The molecule has 0 bridgehead atoms. The lowest BCUT2D eigenvalue weighted by Gasteiger charge is -2.19. The Morgan fingerprint density at radius 3 is 2.66 bits per heavy atom. The normalized spacial score (nSPS) is 12.2. The molecular weight excluding hydrogens is 402 g/mol. The molecule has 0 aliphatic carbocycles. The number of amides is 1. The third kappa shape index (κ3) is 3.93. The van der Waals surface area contributed by atoms with Crippen LogP contribution >= 0.6 is 0 Å². The van der Waals surface area contributed by atoms with Crippen molar-refractivity contribution in [2.45, 2.75) is 39.7 Å². The van der Waals surface area contributed by atoms with Crippen molar-refractivity contribution in [1.82, 2.24) is 19.3 Å². The highest BCUT2D eigenvalue weighted by Crippen LogP contribution is 2.17. The SMILES string of the molecule is CCC(C)n1c(=N)c(C(=O)NCCc2ccccc2)cc2c(=O)n3cc(C)ccc3nc21. The first-order valence-corrected chi connectivity index (χ1v) is 10.9. The third-order valence-electron chi connectivity index (χ3n) is 5.82. The molecule has 0 fully saturated rings. The highest BCUT2D eigenvalue weighted by atomic mass is 16.1. The molecule has 164 valence electrons. The van der Waals surface area contributed by atoms with E-state index in [1.54, 1.807) is 16.8 Å². The Morgan fingerprint density at radius 1 is 1.19 bits per heavy atom. The summed E-state index contributed by atoms with van der Waals surface area (Å²) in [5.74, 6) is -0.362. The summed E-state index contributed by atoms with van der Waals surface area (Å²) < 4.78 is 3.20. The second-order valence-electron chi connectivity index (χ2n) is 8.11. The maximum absolute atomic E-state index is 13.3. The van der Waals surface area contributed by atoms with Crippen molar-refractivity contribution in [3.63, 3.8) is 0 Å². The van der Waals surface area contributed by atoms with Crippen molar-refractivity contribution in [2.24, 2.45) is 0 Å². The summed E-state index contributed by atoms with van der Waals surface area (Å²) in [6.07, 6.45) is 3.17. The number of aromatic nitrogens is 3. The first-order valence-electron chi connectivity index (χ1n) is 10.9. The van der Waals surface area contributed by atoms with E-state index in [1.165, 1.54) is 10.5 Å². The van der Waals surface area contributed by atoms with Gasteiger partial charge in [-0.2, -0.15) is 0 Å². The Morgan fingerprint density at radius 2 is 1.94 bits per heavy atom. The Kier molecular flexibility index (Phi) is 5.90. The standard InChI is InChI=1S/C25H27N5O2/c1-4-17(3)30-22(26)19(24(31)27-13-12-18-8-6-5-7-9-18)14-20-23(30)28-21-11-10-16(2)15-29(21)25(20)32/h5-11,14-15,17,26H,4,12-13H2,1-3H3,(H,27,31). The number of hydrogen-bond acceptors (Lipinski definition) is 4. The number of nitrogens with zero attached hydrogens (tertiary/aromatic N) is 3. The van der Waals surface area contributed by atoms with Gasteiger partial charge >= 0.3 is 0 Å². The monoisotopic (exact) mass is 429 g/mol. The first kappa shape index (κ1) is 21.5. The molecule has 32 heavy (non-hydrogen) atoms. The predicted molar refractivity (Wildman–Crippen MR) is 125 cm³/mol. The van der Waals surface area contributed by atoms with Crippen LogP contribution < -0.4 is 16.4 Å². The molecule has 3 aromatic heterocycles. The van der Waals surface area contributed by atoms with Crippen molar-refractivity contribution in [2.75, 3.05) is 6.54 Å². The maximum Gasteiger partial charge on any atom is 0.267 e. The summed E-state index contributed by atoms with van der Waals surface area (Å²) in [5.41, 5.74) is 3.00. The van der Waals surface area contributed by atoms with Gasteiger partial charge in [0.2, 0.25) is 0 Å². The van der Waals surface area contributed by atoms with Gasteiger partial charge < -0.3 is 9.88 Å². The number of benzene rings is 1. The van der Waals surface area contributed by atoms with E-state index in [4.69, 9.17) is 5.41 Å². The zero-order valence-corrected chi connectivity index (χ0v) is 18.6. The van der Waals surface area contributed by atoms with Crippen LogP contribution in [-0.2, 0) is 6.42 Å². The molecule has 0 radical (unpaired) electrons. The zero-order valence-electron chi connectivity index (χ0n) is 18.6. The Hall–Kier alpha value is -3.74. The van der Waals surface area contributed by atoms with Crippen LogP contribution in [0.2, 0.25) is 0 Å². The molecule has 2 N–H and O–H groups in total. The second kappa shape index (κ2) is 8.78. The lowest BCUT2D eigenvalue weighted by atomic mass is 10.1. The predicted octanol–water partition coefficient (Wildman–Crippen LogP) is 3.38. The minimum Gasteiger partial charge on any atom is -0.352 e. The lowest BCUT2D eigenvalue weighted by molar-refractivity contribution is 0.0951. The van der Waals surface area contributed by atoms with Gasteiger partial charge in [-0.15, -0.1) is 0 Å². The number of fused-ring (bicyclic) bond motifs is 2. The number of carbonyl (C=O) groups is 1. The van der Waals surface area contributed by atoms with Gasteiger partial charge in [0.15, 0.2) is 0 Å². The van der Waals surface area contributed by atoms with E-state index in [-0.39, 0.29) is 28.6 Å². The molecule has 0 aliphatic rings. The molecule has 1 unspecified atom stereocenters. The number of carbonyl (C=O) groups excluding carboxylic acids is 1. The topological polar surface area (TPSA) is 92.2 Å². The summed E-state index contributed by atoms with van der Waals surface area (Å²) in [4.78, 5) is 31.0. The zero-order chi connectivity index (χ0) is 22.8. The van der Waals surface area contributed by atoms with Crippen molar-refractivity contribution < 1.29 is 4.79 Å². The van der Waals surface area contributed by atoms with Crippen LogP contribution in [0, 0.1) is 12.3 Å². The number of pyridine rings is 2. The quantitative estimate of drug-likeness (QED) is 0.460. The van der Waals surface area contributed by atoms with Gasteiger partial charge in [-0.3, -0.25) is 19.4 Å². The van der Waals surface area contributed by atoms with Crippen LogP contribution in [0.5, 0.6) is 0 Å². The first-order chi connectivity index (χ1) is 15.4. The molecular formula is C25H27N5O2. The van der Waals surface area contributed by atoms with Crippen molar-refractivity contribution in [1.29, 1.82) is 5.41 Å². The fourth-order valence-electron chi connectivity index (χ4n) is 3.85. The minimum atomic E-state index is -0.362. The van der Waals surface area contributed by atoms with Gasteiger partial charge in [-0.25, -0.2) is 4.98 Å². The summed E-state index contributed by atoms with van der Waals surface area (Å²) in [5, 5.41) is 12.0. The van der Waals surface area contributed by atoms with Gasteiger partial charge in [0.1, 0.15) is 16.8 Å². The van der Waals surface area contributed by atoms with E-state index < -0.39 is 0 Å². The summed E-state index contributed by atoms with van der Waals surface area (Å²) >= 11 is 0. The van der Waals surface area contributed by atoms with Crippen LogP contribution in [0.3, 0.4) is 0 Å². The van der Waals surface area contributed by atoms with Gasteiger partial charge in [-0.05, 0) is 49.9 Å².